The summed E-state index contributed by atoms with van der Waals surface area (Å²) in [6, 6.07) is 8.75. The number of nitrogens with zero attached hydrogens (tertiary/aromatic N) is 2. The van der Waals surface area contributed by atoms with E-state index in [-0.39, 0.29) is 0 Å². The molecule has 0 aliphatic carbocycles. The minimum atomic E-state index is 0.986. The molecule has 2 aromatic rings. The smallest absolute Gasteiger partial charge is 0.0483 e. The van der Waals surface area contributed by atoms with Crippen molar-refractivity contribution < 1.29 is 0 Å². The third kappa shape index (κ3) is 2.15. The van der Waals surface area contributed by atoms with E-state index >= 15 is 0 Å². The summed E-state index contributed by atoms with van der Waals surface area (Å²) in [6.07, 6.45) is 0. The summed E-state index contributed by atoms with van der Waals surface area (Å²) < 4.78 is 3.52. The lowest BCUT2D eigenvalue weighted by molar-refractivity contribution is 0.389. The third-order valence-corrected chi connectivity index (χ3v) is 3.24. The summed E-state index contributed by atoms with van der Waals surface area (Å²) in [5.41, 5.74) is 2.70. The number of fused-ring (bicyclic) bond motifs is 1. The largest absolute Gasteiger partial charge is 0.344 e. The molecule has 0 radical (unpaired) electrons. The predicted octanol–water partition coefficient (Wildman–Crippen LogP) is 3.49. The average Bonchev–Trinajstić information content (AvgIpc) is 2.52. The van der Waals surface area contributed by atoms with Crippen molar-refractivity contribution in [2.45, 2.75) is 20.0 Å². The Hall–Kier alpha value is -0.800. The van der Waals surface area contributed by atoms with Crippen molar-refractivity contribution in [2.75, 3.05) is 14.1 Å². The Morgan fingerprint density at radius 1 is 1.25 bits per heavy atom. The molecular formula is C13H17BrN2. The molecule has 0 bridgehead atoms. The van der Waals surface area contributed by atoms with Gasteiger partial charge in [0.05, 0.1) is 0 Å². The van der Waals surface area contributed by atoms with Gasteiger partial charge in [-0.15, -0.1) is 0 Å². The Morgan fingerprint density at radius 2 is 2.00 bits per heavy atom. The maximum Gasteiger partial charge on any atom is 0.0483 e. The van der Waals surface area contributed by atoms with E-state index in [9.17, 15) is 0 Å². The number of hydrogen-bond acceptors (Lipinski definition) is 1. The van der Waals surface area contributed by atoms with Crippen molar-refractivity contribution in [1.29, 1.82) is 0 Å². The Morgan fingerprint density at radius 3 is 2.62 bits per heavy atom. The first-order chi connectivity index (χ1) is 7.61. The standard InChI is InChI=1S/C13H17BrN2/c1-4-16-12(9-15(2)3)8-10-7-11(14)5-6-13(10)16/h5-8H,4,9H2,1-3H3. The molecule has 3 heteroatoms. The molecule has 86 valence electrons. The highest BCUT2D eigenvalue weighted by atomic mass is 79.9. The topological polar surface area (TPSA) is 8.17 Å². The lowest BCUT2D eigenvalue weighted by Crippen LogP contribution is -2.14. The first kappa shape index (κ1) is 11.7. The Bertz CT molecular complexity index is 500. The number of aromatic nitrogens is 1. The van der Waals surface area contributed by atoms with Gasteiger partial charge in [-0.05, 0) is 45.3 Å². The fourth-order valence-corrected chi connectivity index (χ4v) is 2.51. The summed E-state index contributed by atoms with van der Waals surface area (Å²) >= 11 is 3.52. The molecule has 0 saturated heterocycles. The van der Waals surface area contributed by atoms with Gasteiger partial charge in [0, 0.05) is 34.2 Å². The zero-order chi connectivity index (χ0) is 11.7. The molecule has 1 aromatic carbocycles. The van der Waals surface area contributed by atoms with Crippen LogP contribution in [0.1, 0.15) is 12.6 Å². The van der Waals surface area contributed by atoms with Crippen LogP contribution in [0.4, 0.5) is 0 Å². The number of hydrogen-bond donors (Lipinski definition) is 0. The van der Waals surface area contributed by atoms with Gasteiger partial charge < -0.3 is 9.47 Å². The van der Waals surface area contributed by atoms with Crippen LogP contribution in [-0.4, -0.2) is 23.6 Å². The SMILES string of the molecule is CCn1c(CN(C)C)cc2cc(Br)ccc21. The first-order valence-corrected chi connectivity index (χ1v) is 6.33. The van der Waals surface area contributed by atoms with Gasteiger partial charge in [0.25, 0.3) is 0 Å². The maximum atomic E-state index is 3.52. The molecule has 0 aliphatic heterocycles. The van der Waals surface area contributed by atoms with Crippen LogP contribution in [-0.2, 0) is 13.1 Å². The van der Waals surface area contributed by atoms with Gasteiger partial charge in [-0.25, -0.2) is 0 Å². The Labute approximate surface area is 105 Å². The molecule has 16 heavy (non-hydrogen) atoms. The van der Waals surface area contributed by atoms with Crippen LogP contribution >= 0.6 is 15.9 Å². The lowest BCUT2D eigenvalue weighted by atomic mass is 10.2. The minimum Gasteiger partial charge on any atom is -0.344 e. The fourth-order valence-electron chi connectivity index (χ4n) is 2.13. The molecule has 0 saturated carbocycles. The first-order valence-electron chi connectivity index (χ1n) is 5.54. The van der Waals surface area contributed by atoms with E-state index < -0.39 is 0 Å². The van der Waals surface area contributed by atoms with Crippen molar-refractivity contribution >= 4 is 26.8 Å². The van der Waals surface area contributed by atoms with Crippen molar-refractivity contribution in [3.8, 4) is 0 Å². The van der Waals surface area contributed by atoms with Gasteiger partial charge in [0.1, 0.15) is 0 Å². The number of aryl methyl sites for hydroxylation is 1. The van der Waals surface area contributed by atoms with Gasteiger partial charge in [-0.2, -0.15) is 0 Å². The molecule has 0 aliphatic rings. The number of benzene rings is 1. The number of halogens is 1. The molecule has 0 N–H and O–H groups in total. The van der Waals surface area contributed by atoms with Crippen LogP contribution in [0.3, 0.4) is 0 Å². The quantitative estimate of drug-likeness (QED) is 0.836. The summed E-state index contributed by atoms with van der Waals surface area (Å²) in [5, 5.41) is 1.31. The molecule has 0 fully saturated rings. The molecule has 0 unspecified atom stereocenters. The van der Waals surface area contributed by atoms with Gasteiger partial charge in [0.15, 0.2) is 0 Å². The van der Waals surface area contributed by atoms with Crippen LogP contribution in [0.2, 0.25) is 0 Å². The molecule has 0 atom stereocenters. The van der Waals surface area contributed by atoms with Crippen LogP contribution in [0, 0.1) is 0 Å². The van der Waals surface area contributed by atoms with E-state index in [1.165, 1.54) is 16.6 Å². The van der Waals surface area contributed by atoms with Crippen molar-refractivity contribution in [1.82, 2.24) is 9.47 Å². The van der Waals surface area contributed by atoms with Crippen LogP contribution in [0.5, 0.6) is 0 Å². The van der Waals surface area contributed by atoms with E-state index in [0.29, 0.717) is 0 Å². The van der Waals surface area contributed by atoms with Crippen molar-refractivity contribution in [2.24, 2.45) is 0 Å². The number of rotatable bonds is 3. The van der Waals surface area contributed by atoms with Crippen LogP contribution in [0.25, 0.3) is 10.9 Å². The summed E-state index contributed by atoms with van der Waals surface area (Å²) in [5.74, 6) is 0. The Balaban J connectivity index is 2.56. The zero-order valence-corrected chi connectivity index (χ0v) is 11.6. The molecule has 1 heterocycles. The molecule has 0 amide bonds. The van der Waals surface area contributed by atoms with Gasteiger partial charge in [0.2, 0.25) is 0 Å². The predicted molar refractivity (Wildman–Crippen MR) is 72.7 cm³/mol. The molecule has 2 nitrogen and oxygen atoms in total. The monoisotopic (exact) mass is 280 g/mol. The van der Waals surface area contributed by atoms with Gasteiger partial charge >= 0.3 is 0 Å². The highest BCUT2D eigenvalue weighted by molar-refractivity contribution is 9.10. The second-order valence-electron chi connectivity index (χ2n) is 4.32. The second-order valence-corrected chi connectivity index (χ2v) is 5.24. The molecule has 1 aromatic heterocycles. The van der Waals surface area contributed by atoms with E-state index in [4.69, 9.17) is 0 Å². The highest BCUT2D eigenvalue weighted by Crippen LogP contribution is 2.24. The second kappa shape index (κ2) is 4.60. The van der Waals surface area contributed by atoms with Gasteiger partial charge in [-0.1, -0.05) is 15.9 Å². The summed E-state index contributed by atoms with van der Waals surface area (Å²) in [7, 11) is 4.21. The van der Waals surface area contributed by atoms with Crippen LogP contribution < -0.4 is 0 Å². The summed E-state index contributed by atoms with van der Waals surface area (Å²) in [4.78, 5) is 2.20. The molecular weight excluding hydrogens is 264 g/mol. The Kier molecular flexibility index (Phi) is 3.36. The lowest BCUT2D eigenvalue weighted by Gasteiger charge is -2.12. The van der Waals surface area contributed by atoms with Gasteiger partial charge in [-0.3, -0.25) is 0 Å². The molecule has 2 rings (SSSR count). The zero-order valence-electron chi connectivity index (χ0n) is 10.00. The maximum absolute atomic E-state index is 3.52. The molecule has 0 spiro atoms. The minimum absolute atomic E-state index is 0.986. The third-order valence-electron chi connectivity index (χ3n) is 2.74. The normalized spacial score (nSPS) is 11.6. The fraction of sp³-hybridized carbons (Fsp3) is 0.385. The summed E-state index contributed by atoms with van der Waals surface area (Å²) in [6.45, 7) is 4.20. The van der Waals surface area contributed by atoms with Crippen molar-refractivity contribution in [3.05, 3.63) is 34.4 Å². The van der Waals surface area contributed by atoms with E-state index in [0.717, 1.165) is 17.6 Å². The van der Waals surface area contributed by atoms with E-state index in [1.807, 2.05) is 0 Å². The van der Waals surface area contributed by atoms with Crippen molar-refractivity contribution in [3.63, 3.8) is 0 Å². The van der Waals surface area contributed by atoms with E-state index in [1.54, 1.807) is 0 Å². The average molecular weight is 281 g/mol. The van der Waals surface area contributed by atoms with Crippen LogP contribution in [0.15, 0.2) is 28.7 Å². The highest BCUT2D eigenvalue weighted by Gasteiger charge is 2.08. The van der Waals surface area contributed by atoms with E-state index in [2.05, 4.69) is 70.7 Å².